The van der Waals surface area contributed by atoms with Gasteiger partial charge in [0.15, 0.2) is 11.3 Å². The van der Waals surface area contributed by atoms with Gasteiger partial charge in [-0.15, -0.1) is 0 Å². The summed E-state index contributed by atoms with van der Waals surface area (Å²) in [5.41, 5.74) is 0.888. The number of esters is 1. The van der Waals surface area contributed by atoms with Crippen LogP contribution < -0.4 is 0 Å². The number of ether oxygens (including phenoxy) is 1. The number of hydrogen-bond donors (Lipinski definition) is 0. The van der Waals surface area contributed by atoms with Gasteiger partial charge in [-0.2, -0.15) is 13.2 Å². The molecule has 0 amide bonds. The molecular weight excluding hydrogens is 311 g/mol. The molecule has 3 aromatic rings. The van der Waals surface area contributed by atoms with Crippen LogP contribution >= 0.6 is 0 Å². The van der Waals surface area contributed by atoms with Crippen molar-refractivity contribution in [3.05, 3.63) is 54.1 Å². The number of imidazole rings is 1. The second-order valence-electron chi connectivity index (χ2n) is 4.71. The number of carbonyl (C=O) groups is 1. The first kappa shape index (κ1) is 15.0. The highest BCUT2D eigenvalue weighted by Crippen LogP contribution is 2.31. The summed E-state index contributed by atoms with van der Waals surface area (Å²) in [4.78, 5) is 19.6. The fourth-order valence-corrected chi connectivity index (χ4v) is 2.14. The molecule has 0 aliphatic heterocycles. The van der Waals surface area contributed by atoms with E-state index in [1.165, 1.54) is 37.8 Å². The molecule has 8 heteroatoms. The average Bonchev–Trinajstić information content (AvgIpc) is 2.96. The SMILES string of the molecule is COC(=O)c1cn2c(-c3ccc(C(F)(F)F)cc3)cnc2cn1. The minimum Gasteiger partial charge on any atom is -0.464 e. The standard InChI is InChI=1S/C15H10F3N3O2/c1-23-14(22)11-8-21-12(6-20-13(21)7-19-11)9-2-4-10(5-3-9)15(16,17)18/h2-8H,1H3. The highest BCUT2D eigenvalue weighted by molar-refractivity contribution is 5.87. The second-order valence-corrected chi connectivity index (χ2v) is 4.71. The summed E-state index contributed by atoms with van der Waals surface area (Å²) in [6, 6.07) is 4.70. The monoisotopic (exact) mass is 321 g/mol. The van der Waals surface area contributed by atoms with Crippen LogP contribution in [0.2, 0.25) is 0 Å². The highest BCUT2D eigenvalue weighted by atomic mass is 19.4. The number of benzene rings is 1. The summed E-state index contributed by atoms with van der Waals surface area (Å²) < 4.78 is 44.0. The first-order valence-electron chi connectivity index (χ1n) is 6.49. The smallest absolute Gasteiger partial charge is 0.416 e. The van der Waals surface area contributed by atoms with E-state index in [2.05, 4.69) is 14.7 Å². The van der Waals surface area contributed by atoms with E-state index in [9.17, 15) is 18.0 Å². The molecule has 3 rings (SSSR count). The Labute approximate surface area is 128 Å². The Morgan fingerprint density at radius 1 is 1.13 bits per heavy atom. The molecule has 0 atom stereocenters. The molecular formula is C15H10F3N3O2. The molecule has 0 aliphatic rings. The molecule has 0 radical (unpaired) electrons. The van der Waals surface area contributed by atoms with Crippen molar-refractivity contribution < 1.29 is 22.7 Å². The van der Waals surface area contributed by atoms with E-state index in [1.807, 2.05) is 0 Å². The Bertz CT molecular complexity index is 870. The van der Waals surface area contributed by atoms with Gasteiger partial charge in [-0.05, 0) is 12.1 Å². The molecule has 2 heterocycles. The van der Waals surface area contributed by atoms with Gasteiger partial charge in [-0.3, -0.25) is 4.40 Å². The first-order chi connectivity index (χ1) is 10.9. The lowest BCUT2D eigenvalue weighted by molar-refractivity contribution is -0.137. The normalized spacial score (nSPS) is 11.7. The van der Waals surface area contributed by atoms with E-state index in [-0.39, 0.29) is 5.69 Å². The van der Waals surface area contributed by atoms with Crippen LogP contribution in [0, 0.1) is 0 Å². The van der Waals surface area contributed by atoms with Gasteiger partial charge >= 0.3 is 12.1 Å². The third kappa shape index (κ3) is 2.75. The molecule has 0 N–H and O–H groups in total. The van der Waals surface area contributed by atoms with Crippen molar-refractivity contribution in [3.63, 3.8) is 0 Å². The van der Waals surface area contributed by atoms with E-state index < -0.39 is 17.7 Å². The van der Waals surface area contributed by atoms with Gasteiger partial charge in [0.1, 0.15) is 0 Å². The zero-order valence-electron chi connectivity index (χ0n) is 11.8. The largest absolute Gasteiger partial charge is 0.464 e. The third-order valence-corrected chi connectivity index (χ3v) is 3.30. The predicted molar refractivity (Wildman–Crippen MR) is 74.8 cm³/mol. The number of alkyl halides is 3. The molecule has 23 heavy (non-hydrogen) atoms. The number of fused-ring (bicyclic) bond motifs is 1. The van der Waals surface area contributed by atoms with E-state index in [4.69, 9.17) is 0 Å². The van der Waals surface area contributed by atoms with Crippen molar-refractivity contribution in [2.24, 2.45) is 0 Å². The van der Waals surface area contributed by atoms with Crippen molar-refractivity contribution in [3.8, 4) is 11.3 Å². The maximum Gasteiger partial charge on any atom is 0.416 e. The molecule has 1 aromatic carbocycles. The Morgan fingerprint density at radius 2 is 1.83 bits per heavy atom. The molecule has 0 unspecified atom stereocenters. The van der Waals surface area contributed by atoms with Crippen LogP contribution in [0.25, 0.3) is 16.9 Å². The van der Waals surface area contributed by atoms with Crippen LogP contribution in [0.4, 0.5) is 13.2 Å². The van der Waals surface area contributed by atoms with Gasteiger partial charge in [0.25, 0.3) is 0 Å². The second kappa shape index (κ2) is 5.38. The maximum atomic E-state index is 12.6. The summed E-state index contributed by atoms with van der Waals surface area (Å²) in [6.45, 7) is 0. The lowest BCUT2D eigenvalue weighted by Gasteiger charge is -2.08. The fourth-order valence-electron chi connectivity index (χ4n) is 2.14. The summed E-state index contributed by atoms with van der Waals surface area (Å²) in [5, 5.41) is 0. The quantitative estimate of drug-likeness (QED) is 0.680. The van der Waals surface area contributed by atoms with Gasteiger partial charge in [-0.25, -0.2) is 14.8 Å². The Hall–Kier alpha value is -2.90. The molecule has 0 aliphatic carbocycles. The molecule has 5 nitrogen and oxygen atoms in total. The minimum absolute atomic E-state index is 0.0751. The van der Waals surface area contributed by atoms with Crippen LogP contribution in [0.1, 0.15) is 16.1 Å². The number of halogens is 3. The molecule has 0 bridgehead atoms. The first-order valence-corrected chi connectivity index (χ1v) is 6.49. The number of rotatable bonds is 2. The van der Waals surface area contributed by atoms with Gasteiger partial charge in [0.05, 0.1) is 30.8 Å². The summed E-state index contributed by atoms with van der Waals surface area (Å²) in [6.07, 6.45) is -0.0678. The third-order valence-electron chi connectivity index (χ3n) is 3.30. The van der Waals surface area contributed by atoms with Crippen LogP contribution in [0.5, 0.6) is 0 Å². The van der Waals surface area contributed by atoms with E-state index in [0.29, 0.717) is 16.9 Å². The highest BCUT2D eigenvalue weighted by Gasteiger charge is 2.30. The fraction of sp³-hybridized carbons (Fsp3) is 0.133. The number of hydrogen-bond acceptors (Lipinski definition) is 4. The van der Waals surface area contributed by atoms with Crippen LogP contribution in [0.15, 0.2) is 42.9 Å². The predicted octanol–water partition coefficient (Wildman–Crippen LogP) is 3.20. The molecule has 118 valence electrons. The van der Waals surface area contributed by atoms with Gasteiger partial charge < -0.3 is 4.74 Å². The number of carbonyl (C=O) groups excluding carboxylic acids is 1. The van der Waals surface area contributed by atoms with Crippen molar-refractivity contribution in [1.82, 2.24) is 14.4 Å². The van der Waals surface area contributed by atoms with Crippen LogP contribution in [0.3, 0.4) is 0 Å². The molecule has 0 spiro atoms. The van der Waals surface area contributed by atoms with Gasteiger partial charge in [0.2, 0.25) is 0 Å². The van der Waals surface area contributed by atoms with Gasteiger partial charge in [0, 0.05) is 11.8 Å². The zero-order chi connectivity index (χ0) is 16.6. The number of methoxy groups -OCH3 is 1. The van der Waals surface area contributed by atoms with Gasteiger partial charge in [-0.1, -0.05) is 12.1 Å². The average molecular weight is 321 g/mol. The molecule has 0 saturated heterocycles. The van der Waals surface area contributed by atoms with Crippen molar-refractivity contribution in [2.75, 3.05) is 7.11 Å². The summed E-state index contributed by atoms with van der Waals surface area (Å²) in [7, 11) is 1.24. The van der Waals surface area contributed by atoms with E-state index in [1.54, 1.807) is 4.40 Å². The Kier molecular flexibility index (Phi) is 3.51. The number of nitrogens with zero attached hydrogens (tertiary/aromatic N) is 3. The number of aromatic nitrogens is 3. The Morgan fingerprint density at radius 3 is 2.43 bits per heavy atom. The molecule has 0 fully saturated rings. The van der Waals surface area contributed by atoms with Crippen molar-refractivity contribution >= 4 is 11.6 Å². The van der Waals surface area contributed by atoms with E-state index >= 15 is 0 Å². The maximum absolute atomic E-state index is 12.6. The topological polar surface area (TPSA) is 56.5 Å². The van der Waals surface area contributed by atoms with Crippen LogP contribution in [-0.4, -0.2) is 27.4 Å². The molecule has 2 aromatic heterocycles. The van der Waals surface area contributed by atoms with Crippen LogP contribution in [-0.2, 0) is 10.9 Å². The zero-order valence-corrected chi connectivity index (χ0v) is 11.8. The Balaban J connectivity index is 2.07. The minimum atomic E-state index is -4.39. The summed E-state index contributed by atoms with van der Waals surface area (Å²) >= 11 is 0. The lowest BCUT2D eigenvalue weighted by atomic mass is 10.1. The lowest BCUT2D eigenvalue weighted by Crippen LogP contribution is -2.06. The van der Waals surface area contributed by atoms with Crippen molar-refractivity contribution in [2.45, 2.75) is 6.18 Å². The molecule has 0 saturated carbocycles. The van der Waals surface area contributed by atoms with E-state index in [0.717, 1.165) is 12.1 Å². The summed E-state index contributed by atoms with van der Waals surface area (Å²) in [5.74, 6) is -0.612. The van der Waals surface area contributed by atoms with Crippen molar-refractivity contribution in [1.29, 1.82) is 0 Å².